The number of anilines is 2. The highest BCUT2D eigenvalue weighted by Gasteiger charge is 2.17. The summed E-state index contributed by atoms with van der Waals surface area (Å²) < 4.78 is 7.30. The van der Waals surface area contributed by atoms with Crippen LogP contribution in [0.4, 0.5) is 11.4 Å². The summed E-state index contributed by atoms with van der Waals surface area (Å²) in [7, 11) is 0. The second kappa shape index (κ2) is 8.27. The Balaban J connectivity index is 1.55. The Bertz CT molecular complexity index is 1020. The Morgan fingerprint density at radius 3 is 2.45 bits per heavy atom. The van der Waals surface area contributed by atoms with Gasteiger partial charge in [0.2, 0.25) is 0 Å². The fourth-order valence-electron chi connectivity index (χ4n) is 3.53. The van der Waals surface area contributed by atoms with Gasteiger partial charge in [0.05, 0.1) is 36.0 Å². The van der Waals surface area contributed by atoms with Gasteiger partial charge >= 0.3 is 0 Å². The molecule has 1 aromatic heterocycles. The molecule has 1 saturated heterocycles. The number of aromatic nitrogens is 2. The lowest BCUT2D eigenvalue weighted by molar-refractivity contribution is 0.102. The van der Waals surface area contributed by atoms with Gasteiger partial charge in [0.15, 0.2) is 0 Å². The molecule has 1 amide bonds. The smallest absolute Gasteiger partial charge is 0.255 e. The van der Waals surface area contributed by atoms with Gasteiger partial charge in [0.25, 0.3) is 5.91 Å². The highest BCUT2D eigenvalue weighted by atomic mass is 35.5. The van der Waals surface area contributed by atoms with Crippen molar-refractivity contribution in [2.45, 2.75) is 13.8 Å². The summed E-state index contributed by atoms with van der Waals surface area (Å²) in [6.07, 6.45) is 0. The van der Waals surface area contributed by atoms with Gasteiger partial charge in [-0.05, 0) is 62.4 Å². The predicted octanol–water partition coefficient (Wildman–Crippen LogP) is 4.23. The van der Waals surface area contributed by atoms with Crippen LogP contribution in [0.2, 0.25) is 5.02 Å². The second-order valence-corrected chi connectivity index (χ2v) is 7.54. The van der Waals surface area contributed by atoms with Crippen molar-refractivity contribution in [3.8, 4) is 5.69 Å². The number of nitrogens with one attached hydrogen (secondary N) is 1. The number of hydrogen-bond donors (Lipinski definition) is 1. The molecule has 6 nitrogen and oxygen atoms in total. The molecule has 0 spiro atoms. The van der Waals surface area contributed by atoms with E-state index in [1.54, 1.807) is 18.2 Å². The van der Waals surface area contributed by atoms with Gasteiger partial charge < -0.3 is 15.0 Å². The number of amides is 1. The van der Waals surface area contributed by atoms with Crippen LogP contribution in [0.1, 0.15) is 21.7 Å². The predicted molar refractivity (Wildman–Crippen MR) is 115 cm³/mol. The van der Waals surface area contributed by atoms with E-state index in [0.29, 0.717) is 29.5 Å². The highest BCUT2D eigenvalue weighted by molar-refractivity contribution is 6.31. The number of nitrogens with zero attached hydrogens (tertiary/aromatic N) is 3. The summed E-state index contributed by atoms with van der Waals surface area (Å²) in [5, 5.41) is 8.07. The molecule has 0 saturated carbocycles. The van der Waals surface area contributed by atoms with Crippen molar-refractivity contribution in [1.82, 2.24) is 9.78 Å². The molecular weight excluding hydrogens is 388 g/mol. The van der Waals surface area contributed by atoms with Crippen molar-refractivity contribution in [2.75, 3.05) is 36.5 Å². The van der Waals surface area contributed by atoms with Crippen LogP contribution in [-0.2, 0) is 4.74 Å². The molecule has 4 rings (SSSR count). The molecule has 1 N–H and O–H groups in total. The third-order valence-corrected chi connectivity index (χ3v) is 5.18. The van der Waals surface area contributed by atoms with Crippen LogP contribution in [-0.4, -0.2) is 42.0 Å². The first-order chi connectivity index (χ1) is 14.0. The van der Waals surface area contributed by atoms with Crippen LogP contribution in [0.5, 0.6) is 0 Å². The van der Waals surface area contributed by atoms with E-state index in [9.17, 15) is 4.79 Å². The standard InChI is InChI=1S/C22H23ClN4O2/c1-15-13-16(2)27(25-15)19-6-3-17(4-7-19)22(28)24-20-14-18(23)5-8-21(20)26-9-11-29-12-10-26/h3-8,13-14H,9-12H2,1-2H3,(H,24,28). The minimum Gasteiger partial charge on any atom is -0.378 e. The van der Waals surface area contributed by atoms with Gasteiger partial charge in [-0.1, -0.05) is 11.6 Å². The second-order valence-electron chi connectivity index (χ2n) is 7.10. The topological polar surface area (TPSA) is 59.4 Å². The van der Waals surface area contributed by atoms with E-state index in [1.165, 1.54) is 0 Å². The number of aryl methyl sites for hydroxylation is 2. The summed E-state index contributed by atoms with van der Waals surface area (Å²) in [5.41, 5.74) is 5.15. The number of morpholine rings is 1. The molecule has 150 valence electrons. The maximum absolute atomic E-state index is 12.9. The number of benzene rings is 2. The Hall–Kier alpha value is -2.83. The molecule has 0 bridgehead atoms. The summed E-state index contributed by atoms with van der Waals surface area (Å²) in [6.45, 7) is 6.87. The number of carbonyl (C=O) groups is 1. The number of halogens is 1. The molecule has 29 heavy (non-hydrogen) atoms. The van der Waals surface area contributed by atoms with E-state index < -0.39 is 0 Å². The van der Waals surface area contributed by atoms with Crippen molar-refractivity contribution >= 4 is 28.9 Å². The molecule has 1 aliphatic heterocycles. The van der Waals surface area contributed by atoms with Crippen molar-refractivity contribution in [2.24, 2.45) is 0 Å². The fraction of sp³-hybridized carbons (Fsp3) is 0.273. The van der Waals surface area contributed by atoms with E-state index in [2.05, 4.69) is 15.3 Å². The zero-order chi connectivity index (χ0) is 20.4. The number of ether oxygens (including phenoxy) is 1. The number of rotatable bonds is 4. The van der Waals surface area contributed by atoms with Crippen LogP contribution in [0.3, 0.4) is 0 Å². The summed E-state index contributed by atoms with van der Waals surface area (Å²) in [5.74, 6) is -0.179. The Morgan fingerprint density at radius 1 is 1.07 bits per heavy atom. The van der Waals surface area contributed by atoms with E-state index in [4.69, 9.17) is 16.3 Å². The molecular formula is C22H23ClN4O2. The van der Waals surface area contributed by atoms with Crippen molar-refractivity contribution < 1.29 is 9.53 Å². The lowest BCUT2D eigenvalue weighted by atomic mass is 10.1. The largest absolute Gasteiger partial charge is 0.378 e. The molecule has 1 fully saturated rings. The molecule has 0 aliphatic carbocycles. The average molecular weight is 411 g/mol. The Morgan fingerprint density at radius 2 is 1.79 bits per heavy atom. The van der Waals surface area contributed by atoms with Crippen molar-refractivity contribution in [1.29, 1.82) is 0 Å². The molecule has 3 aromatic rings. The van der Waals surface area contributed by atoms with Crippen LogP contribution < -0.4 is 10.2 Å². The number of carbonyl (C=O) groups excluding carboxylic acids is 1. The molecule has 2 aromatic carbocycles. The lowest BCUT2D eigenvalue weighted by Gasteiger charge is -2.30. The SMILES string of the molecule is Cc1cc(C)n(-c2ccc(C(=O)Nc3cc(Cl)ccc3N3CCOCC3)cc2)n1. The van der Waals surface area contributed by atoms with Crippen molar-refractivity contribution in [3.05, 3.63) is 70.5 Å². The van der Waals surface area contributed by atoms with Gasteiger partial charge in [-0.15, -0.1) is 0 Å². The Labute approximate surface area is 175 Å². The molecule has 0 unspecified atom stereocenters. The summed E-state index contributed by atoms with van der Waals surface area (Å²) in [6, 6.07) is 15.0. The highest BCUT2D eigenvalue weighted by Crippen LogP contribution is 2.30. The van der Waals surface area contributed by atoms with Crippen LogP contribution in [0.25, 0.3) is 5.69 Å². The minimum atomic E-state index is -0.179. The van der Waals surface area contributed by atoms with Crippen LogP contribution >= 0.6 is 11.6 Å². The third kappa shape index (κ3) is 4.28. The molecule has 0 radical (unpaired) electrons. The van der Waals surface area contributed by atoms with E-state index in [1.807, 2.05) is 48.9 Å². The van der Waals surface area contributed by atoms with E-state index in [-0.39, 0.29) is 5.91 Å². The van der Waals surface area contributed by atoms with Gasteiger partial charge in [-0.3, -0.25) is 4.79 Å². The fourth-order valence-corrected chi connectivity index (χ4v) is 3.70. The zero-order valence-electron chi connectivity index (χ0n) is 16.5. The maximum Gasteiger partial charge on any atom is 0.255 e. The average Bonchev–Trinajstić information content (AvgIpc) is 3.07. The van der Waals surface area contributed by atoms with Gasteiger partial charge in [0, 0.05) is 29.4 Å². The lowest BCUT2D eigenvalue weighted by Crippen LogP contribution is -2.36. The normalized spacial score (nSPS) is 14.1. The molecule has 2 heterocycles. The van der Waals surface area contributed by atoms with E-state index in [0.717, 1.165) is 35.9 Å². The van der Waals surface area contributed by atoms with Crippen LogP contribution in [0.15, 0.2) is 48.5 Å². The summed E-state index contributed by atoms with van der Waals surface area (Å²) >= 11 is 6.19. The molecule has 0 atom stereocenters. The zero-order valence-corrected chi connectivity index (χ0v) is 17.2. The molecule has 7 heteroatoms. The van der Waals surface area contributed by atoms with Gasteiger partial charge in [0.1, 0.15) is 0 Å². The first-order valence-corrected chi connectivity index (χ1v) is 9.96. The molecule has 1 aliphatic rings. The summed E-state index contributed by atoms with van der Waals surface area (Å²) in [4.78, 5) is 15.1. The third-order valence-electron chi connectivity index (χ3n) is 4.94. The quantitative estimate of drug-likeness (QED) is 0.699. The first kappa shape index (κ1) is 19.5. The van der Waals surface area contributed by atoms with Crippen molar-refractivity contribution in [3.63, 3.8) is 0 Å². The van der Waals surface area contributed by atoms with E-state index >= 15 is 0 Å². The number of hydrogen-bond acceptors (Lipinski definition) is 4. The first-order valence-electron chi connectivity index (χ1n) is 9.58. The monoisotopic (exact) mass is 410 g/mol. The van der Waals surface area contributed by atoms with Gasteiger partial charge in [-0.2, -0.15) is 5.10 Å². The van der Waals surface area contributed by atoms with Crippen LogP contribution in [0, 0.1) is 13.8 Å². The van der Waals surface area contributed by atoms with Gasteiger partial charge in [-0.25, -0.2) is 4.68 Å². The maximum atomic E-state index is 12.9. The minimum absolute atomic E-state index is 0.179. The Kier molecular flexibility index (Phi) is 5.56.